The third kappa shape index (κ3) is 2.86. The van der Waals surface area contributed by atoms with Crippen LogP contribution >= 0.6 is 0 Å². The van der Waals surface area contributed by atoms with Gasteiger partial charge in [0.15, 0.2) is 5.82 Å². The van der Waals surface area contributed by atoms with Crippen molar-refractivity contribution >= 4 is 15.7 Å². The third-order valence-corrected chi connectivity index (χ3v) is 3.62. The minimum absolute atomic E-state index is 0.0393. The molecule has 0 aliphatic heterocycles. The number of nitrogens with zero attached hydrogens (tertiary/aromatic N) is 2. The Labute approximate surface area is 105 Å². The lowest BCUT2D eigenvalue weighted by Crippen LogP contribution is -2.14. The van der Waals surface area contributed by atoms with Gasteiger partial charge in [-0.15, -0.1) is 0 Å². The van der Waals surface area contributed by atoms with E-state index in [-0.39, 0.29) is 5.75 Å². The summed E-state index contributed by atoms with van der Waals surface area (Å²) in [6.07, 6.45) is 0. The van der Waals surface area contributed by atoms with Crippen LogP contribution in [-0.2, 0) is 10.0 Å². The molecule has 1 aromatic carbocycles. The zero-order valence-corrected chi connectivity index (χ0v) is 10.9. The Hall–Kier alpha value is -1.89. The van der Waals surface area contributed by atoms with Gasteiger partial charge in [-0.1, -0.05) is 5.16 Å². The van der Waals surface area contributed by atoms with Crippen LogP contribution in [-0.4, -0.2) is 24.3 Å². The van der Waals surface area contributed by atoms with E-state index in [9.17, 15) is 8.42 Å². The van der Waals surface area contributed by atoms with E-state index in [4.69, 9.17) is 4.52 Å². The Morgan fingerprint density at radius 1 is 1.28 bits per heavy atom. The van der Waals surface area contributed by atoms with E-state index in [1.165, 1.54) is 0 Å². The standard InChI is InChI=1S/C11H13N3O3S/c1-3-18(15,16)14-10-6-4-9(5-7-10)11-12-8(2)13-17-11/h4-7,14H,3H2,1-2H3. The molecule has 0 unspecified atom stereocenters. The zero-order chi connectivity index (χ0) is 13.2. The van der Waals surface area contributed by atoms with Crippen molar-refractivity contribution in [1.29, 1.82) is 0 Å². The lowest BCUT2D eigenvalue weighted by molar-refractivity contribution is 0.425. The number of sulfonamides is 1. The van der Waals surface area contributed by atoms with Crippen LogP contribution in [0.4, 0.5) is 5.69 Å². The quantitative estimate of drug-likeness (QED) is 0.913. The van der Waals surface area contributed by atoms with Crippen LogP contribution in [0.1, 0.15) is 12.7 Å². The van der Waals surface area contributed by atoms with E-state index in [0.717, 1.165) is 5.56 Å². The van der Waals surface area contributed by atoms with Crippen molar-refractivity contribution in [2.45, 2.75) is 13.8 Å². The van der Waals surface area contributed by atoms with Gasteiger partial charge in [-0.25, -0.2) is 8.42 Å². The summed E-state index contributed by atoms with van der Waals surface area (Å²) in [6, 6.07) is 6.76. The molecule has 0 radical (unpaired) electrons. The normalized spacial score (nSPS) is 11.4. The minimum Gasteiger partial charge on any atom is -0.334 e. The largest absolute Gasteiger partial charge is 0.334 e. The molecule has 6 nitrogen and oxygen atoms in total. The smallest absolute Gasteiger partial charge is 0.257 e. The molecule has 0 bridgehead atoms. The second kappa shape index (κ2) is 4.77. The summed E-state index contributed by atoms with van der Waals surface area (Å²) >= 11 is 0. The number of benzene rings is 1. The summed E-state index contributed by atoms with van der Waals surface area (Å²) < 4.78 is 30.2. The summed E-state index contributed by atoms with van der Waals surface area (Å²) in [5.41, 5.74) is 1.26. The van der Waals surface area contributed by atoms with Gasteiger partial charge in [-0.05, 0) is 38.1 Å². The highest BCUT2D eigenvalue weighted by Gasteiger charge is 2.08. The number of hydrogen-bond donors (Lipinski definition) is 1. The highest BCUT2D eigenvalue weighted by molar-refractivity contribution is 7.92. The average molecular weight is 267 g/mol. The summed E-state index contributed by atoms with van der Waals surface area (Å²) in [4.78, 5) is 4.08. The van der Waals surface area contributed by atoms with Crippen molar-refractivity contribution in [3.05, 3.63) is 30.1 Å². The Bertz CT molecular complexity index is 632. The molecule has 1 N–H and O–H groups in total. The molecule has 0 aliphatic rings. The Kier molecular flexibility index (Phi) is 3.33. The predicted molar refractivity (Wildman–Crippen MR) is 67.6 cm³/mol. The third-order valence-electron chi connectivity index (χ3n) is 2.31. The molecule has 18 heavy (non-hydrogen) atoms. The molecule has 0 fully saturated rings. The second-order valence-corrected chi connectivity index (χ2v) is 5.74. The van der Waals surface area contributed by atoms with Crippen molar-refractivity contribution in [2.75, 3.05) is 10.5 Å². The van der Waals surface area contributed by atoms with Crippen LogP contribution in [0.15, 0.2) is 28.8 Å². The van der Waals surface area contributed by atoms with Crippen LogP contribution in [0.3, 0.4) is 0 Å². The van der Waals surface area contributed by atoms with Gasteiger partial charge in [0.1, 0.15) is 0 Å². The average Bonchev–Trinajstić information content (AvgIpc) is 2.76. The van der Waals surface area contributed by atoms with Gasteiger partial charge in [-0.2, -0.15) is 4.98 Å². The van der Waals surface area contributed by atoms with E-state index in [0.29, 0.717) is 17.4 Å². The number of nitrogens with one attached hydrogen (secondary N) is 1. The first-order valence-corrected chi connectivity index (χ1v) is 7.06. The summed E-state index contributed by atoms with van der Waals surface area (Å²) in [5, 5.41) is 3.69. The molecule has 7 heteroatoms. The first-order chi connectivity index (χ1) is 8.50. The fourth-order valence-electron chi connectivity index (χ4n) is 1.35. The van der Waals surface area contributed by atoms with Crippen LogP contribution < -0.4 is 4.72 Å². The highest BCUT2D eigenvalue weighted by Crippen LogP contribution is 2.20. The highest BCUT2D eigenvalue weighted by atomic mass is 32.2. The van der Waals surface area contributed by atoms with E-state index in [1.807, 2.05) is 0 Å². The van der Waals surface area contributed by atoms with Gasteiger partial charge in [0.25, 0.3) is 5.89 Å². The predicted octanol–water partition coefficient (Wildman–Crippen LogP) is 1.81. The van der Waals surface area contributed by atoms with Gasteiger partial charge in [0, 0.05) is 11.3 Å². The van der Waals surface area contributed by atoms with E-state index >= 15 is 0 Å². The maximum absolute atomic E-state index is 11.4. The van der Waals surface area contributed by atoms with Gasteiger partial charge in [0.05, 0.1) is 5.75 Å². The van der Waals surface area contributed by atoms with E-state index in [2.05, 4.69) is 14.9 Å². The molecule has 1 heterocycles. The van der Waals surface area contributed by atoms with E-state index < -0.39 is 10.0 Å². The summed E-state index contributed by atoms with van der Waals surface area (Å²) in [5.74, 6) is 1.01. The molecule has 0 saturated carbocycles. The number of anilines is 1. The maximum atomic E-state index is 11.4. The van der Waals surface area contributed by atoms with Crippen molar-refractivity contribution in [2.24, 2.45) is 0 Å². The zero-order valence-electron chi connectivity index (χ0n) is 10.0. The SMILES string of the molecule is CCS(=O)(=O)Nc1ccc(-c2nc(C)no2)cc1. The van der Waals surface area contributed by atoms with Crippen molar-refractivity contribution in [1.82, 2.24) is 10.1 Å². The molecule has 0 atom stereocenters. The molecule has 0 spiro atoms. The van der Waals surface area contributed by atoms with Crippen LogP contribution in [0.5, 0.6) is 0 Å². The fourth-order valence-corrected chi connectivity index (χ4v) is 1.99. The lowest BCUT2D eigenvalue weighted by Gasteiger charge is -2.05. The number of aromatic nitrogens is 2. The molecule has 96 valence electrons. The number of rotatable bonds is 4. The van der Waals surface area contributed by atoms with Gasteiger partial charge in [-0.3, -0.25) is 4.72 Å². The molecule has 1 aromatic heterocycles. The second-order valence-electron chi connectivity index (χ2n) is 3.73. The van der Waals surface area contributed by atoms with Crippen molar-refractivity contribution in [3.63, 3.8) is 0 Å². The fraction of sp³-hybridized carbons (Fsp3) is 0.273. The van der Waals surface area contributed by atoms with Crippen molar-refractivity contribution < 1.29 is 12.9 Å². The monoisotopic (exact) mass is 267 g/mol. The van der Waals surface area contributed by atoms with Crippen molar-refractivity contribution in [3.8, 4) is 11.5 Å². The van der Waals surface area contributed by atoms with Gasteiger partial charge >= 0.3 is 0 Å². The minimum atomic E-state index is -3.25. The first-order valence-electron chi connectivity index (χ1n) is 5.41. The molecule has 2 aromatic rings. The van der Waals surface area contributed by atoms with Gasteiger partial charge in [0.2, 0.25) is 10.0 Å². The summed E-state index contributed by atoms with van der Waals surface area (Å²) in [6.45, 7) is 3.31. The van der Waals surface area contributed by atoms with Gasteiger partial charge < -0.3 is 4.52 Å². The Balaban J connectivity index is 2.20. The first kappa shape index (κ1) is 12.6. The van der Waals surface area contributed by atoms with E-state index in [1.54, 1.807) is 38.1 Å². The van der Waals surface area contributed by atoms with Crippen LogP contribution in [0.25, 0.3) is 11.5 Å². The molecule has 0 aliphatic carbocycles. The molecular formula is C11H13N3O3S. The Morgan fingerprint density at radius 3 is 2.44 bits per heavy atom. The van der Waals surface area contributed by atoms with Crippen LogP contribution in [0, 0.1) is 6.92 Å². The maximum Gasteiger partial charge on any atom is 0.257 e. The van der Waals surface area contributed by atoms with Crippen LogP contribution in [0.2, 0.25) is 0 Å². The molecular weight excluding hydrogens is 254 g/mol. The number of aryl methyl sites for hydroxylation is 1. The molecule has 2 rings (SSSR count). The lowest BCUT2D eigenvalue weighted by atomic mass is 10.2. The summed E-state index contributed by atoms with van der Waals surface area (Å²) in [7, 11) is -3.25. The molecule has 0 saturated heterocycles. The molecule has 0 amide bonds. The Morgan fingerprint density at radius 2 is 1.94 bits per heavy atom. The number of hydrogen-bond acceptors (Lipinski definition) is 5. The topological polar surface area (TPSA) is 85.1 Å².